The minimum Gasteiger partial charge on any atom is -0.292 e. The Morgan fingerprint density at radius 2 is 1.31 bits per heavy atom. The first-order chi connectivity index (χ1) is 17.6. The van der Waals surface area contributed by atoms with Crippen molar-refractivity contribution in [1.82, 2.24) is 0 Å². The summed E-state index contributed by atoms with van der Waals surface area (Å²) in [4.78, 5) is 11.7. The third-order valence-corrected chi connectivity index (χ3v) is 7.82. The number of hydrogen-bond acceptors (Lipinski definition) is 6. The molecule has 1 atom stereocenters. The lowest BCUT2D eigenvalue weighted by molar-refractivity contribution is -0.110. The first-order valence-electron chi connectivity index (χ1n) is 11.5. The second-order valence-electron chi connectivity index (χ2n) is 8.47. The van der Waals surface area contributed by atoms with Gasteiger partial charge in [0.2, 0.25) is 4.99 Å². The Morgan fingerprint density at radius 3 is 1.92 bits per heavy atom. The molecule has 5 nitrogen and oxygen atoms in total. The van der Waals surface area contributed by atoms with Gasteiger partial charge in [-0.05, 0) is 48.2 Å². The monoisotopic (exact) mass is 508 g/mol. The number of carbonyl (C=O) groups is 1. The summed E-state index contributed by atoms with van der Waals surface area (Å²) in [5.41, 5.74) is 5.48. The highest BCUT2D eigenvalue weighted by atomic mass is 35.5. The molecule has 2 aliphatic heterocycles. The van der Waals surface area contributed by atoms with E-state index >= 15 is 0 Å². The molecule has 0 N–H and O–H groups in total. The smallest absolute Gasteiger partial charge is 0.234 e. The van der Waals surface area contributed by atoms with Gasteiger partial charge in [0.05, 0.1) is 17.1 Å². The summed E-state index contributed by atoms with van der Waals surface area (Å²) in [5.74, 6) is -0.0872. The quantitative estimate of drug-likeness (QED) is 0.301. The molecule has 4 aromatic rings. The van der Waals surface area contributed by atoms with Crippen LogP contribution in [-0.4, -0.2) is 16.5 Å². The van der Waals surface area contributed by atoms with Gasteiger partial charge in [-0.25, -0.2) is 10.0 Å². The molecule has 0 radical (unpaired) electrons. The van der Waals surface area contributed by atoms with Gasteiger partial charge in [0.1, 0.15) is 0 Å². The van der Waals surface area contributed by atoms with Gasteiger partial charge >= 0.3 is 0 Å². The number of benzene rings is 4. The summed E-state index contributed by atoms with van der Waals surface area (Å²) in [7, 11) is 0. The molecule has 0 saturated carbocycles. The van der Waals surface area contributed by atoms with Gasteiger partial charge in [-0.3, -0.25) is 4.79 Å². The van der Waals surface area contributed by atoms with Crippen molar-refractivity contribution in [1.29, 1.82) is 0 Å². The molecule has 176 valence electrons. The van der Waals surface area contributed by atoms with E-state index in [1.54, 1.807) is 6.92 Å². The predicted octanol–water partition coefficient (Wildman–Crippen LogP) is 6.88. The first kappa shape index (κ1) is 22.6. The predicted molar refractivity (Wildman–Crippen MR) is 149 cm³/mol. The number of para-hydroxylation sites is 2. The number of thioether (sulfide) groups is 1. The Morgan fingerprint density at radius 1 is 0.750 bits per heavy atom. The number of carbonyl (C=O) groups excluding carboxylic acids is 1. The number of hydrogen-bond donors (Lipinski definition) is 0. The molecule has 6 rings (SSSR count). The number of nitrogens with zero attached hydrogens (tertiary/aromatic N) is 4. The molecular weight excluding hydrogens is 488 g/mol. The maximum Gasteiger partial charge on any atom is 0.234 e. The Bertz CT molecular complexity index is 1510. The highest BCUT2D eigenvalue weighted by molar-refractivity contribution is 8.17. The SMILES string of the molecule is CC(=O)C1=NN(c2ccccc2)[C@@]2(S1)c1ccccc1C(c1ccc(Cl)cc1)=NN2c1ccccc1. The number of Topliss-reactive ketones (excluding diaryl/α,β-unsaturated/α-hetero) is 1. The van der Waals surface area contributed by atoms with Crippen LogP contribution < -0.4 is 10.0 Å². The van der Waals surface area contributed by atoms with Crippen molar-refractivity contribution in [2.45, 2.75) is 11.9 Å². The first-order valence-corrected chi connectivity index (χ1v) is 12.7. The Balaban J connectivity index is 1.66. The maximum absolute atomic E-state index is 12.7. The summed E-state index contributed by atoms with van der Waals surface area (Å²) in [5, 5.41) is 15.1. The molecule has 2 heterocycles. The number of halogens is 1. The molecule has 0 aromatic heterocycles. The third kappa shape index (κ3) is 3.61. The largest absolute Gasteiger partial charge is 0.292 e. The third-order valence-electron chi connectivity index (χ3n) is 6.16. The van der Waals surface area contributed by atoms with Crippen molar-refractivity contribution in [3.05, 3.63) is 131 Å². The summed E-state index contributed by atoms with van der Waals surface area (Å²) in [6, 6.07) is 35.8. The van der Waals surface area contributed by atoms with Crippen LogP contribution in [-0.2, 0) is 9.79 Å². The average molecular weight is 509 g/mol. The van der Waals surface area contributed by atoms with E-state index in [2.05, 4.69) is 12.1 Å². The molecular formula is C29H21ClN4OS. The van der Waals surface area contributed by atoms with Crippen LogP contribution in [0, 0.1) is 0 Å². The van der Waals surface area contributed by atoms with E-state index in [1.807, 2.05) is 107 Å². The molecule has 36 heavy (non-hydrogen) atoms. The van der Waals surface area contributed by atoms with Crippen molar-refractivity contribution in [2.24, 2.45) is 10.2 Å². The summed E-state index contributed by atoms with van der Waals surface area (Å²) in [6.07, 6.45) is 0. The van der Waals surface area contributed by atoms with Crippen LogP contribution in [0.3, 0.4) is 0 Å². The van der Waals surface area contributed by atoms with E-state index in [1.165, 1.54) is 11.8 Å². The standard InChI is InChI=1S/C29H21ClN4OS/c1-20(35)28-32-34(24-12-6-3-7-13-24)29(36-28)26-15-9-8-14-25(26)27(21-16-18-22(30)19-17-21)31-33(29)23-10-4-2-5-11-23/h2-19H,1H3/t29-/m1/s1. The number of fused-ring (bicyclic) bond motifs is 2. The van der Waals surface area contributed by atoms with Crippen molar-refractivity contribution in [2.75, 3.05) is 10.0 Å². The molecule has 2 aliphatic rings. The lowest BCUT2D eigenvalue weighted by Crippen LogP contribution is -2.54. The maximum atomic E-state index is 12.7. The zero-order valence-electron chi connectivity index (χ0n) is 19.4. The van der Waals surface area contributed by atoms with E-state index in [0.717, 1.165) is 33.8 Å². The van der Waals surface area contributed by atoms with Gasteiger partial charge in [-0.2, -0.15) is 10.2 Å². The summed E-state index contributed by atoms with van der Waals surface area (Å²) >= 11 is 7.61. The lowest BCUT2D eigenvalue weighted by Gasteiger charge is -2.47. The zero-order chi connectivity index (χ0) is 24.7. The van der Waals surface area contributed by atoms with E-state index in [-0.39, 0.29) is 5.78 Å². The van der Waals surface area contributed by atoms with Crippen LogP contribution in [0.2, 0.25) is 5.02 Å². The zero-order valence-corrected chi connectivity index (χ0v) is 20.9. The van der Waals surface area contributed by atoms with Gasteiger partial charge in [-0.1, -0.05) is 84.4 Å². The van der Waals surface area contributed by atoms with Crippen LogP contribution in [0.5, 0.6) is 0 Å². The second-order valence-corrected chi connectivity index (χ2v) is 10.1. The molecule has 7 heteroatoms. The Hall–Kier alpha value is -3.87. The number of anilines is 2. The van der Waals surface area contributed by atoms with E-state index < -0.39 is 4.99 Å². The van der Waals surface area contributed by atoms with Crippen LogP contribution in [0.25, 0.3) is 0 Å². The fourth-order valence-electron chi connectivity index (χ4n) is 4.54. The Labute approximate surface area is 218 Å². The fraction of sp³-hybridized carbons (Fsp3) is 0.0690. The molecule has 4 aromatic carbocycles. The van der Waals surface area contributed by atoms with E-state index in [9.17, 15) is 4.79 Å². The molecule has 0 aliphatic carbocycles. The van der Waals surface area contributed by atoms with E-state index in [0.29, 0.717) is 10.1 Å². The van der Waals surface area contributed by atoms with E-state index in [4.69, 9.17) is 21.8 Å². The minimum absolute atomic E-state index is 0.0872. The average Bonchev–Trinajstić information content (AvgIpc) is 3.32. The van der Waals surface area contributed by atoms with Crippen LogP contribution in [0.4, 0.5) is 11.4 Å². The lowest BCUT2D eigenvalue weighted by atomic mass is 9.93. The van der Waals surface area contributed by atoms with Crippen LogP contribution >= 0.6 is 23.4 Å². The highest BCUT2D eigenvalue weighted by Gasteiger charge is 2.55. The van der Waals surface area contributed by atoms with Crippen LogP contribution in [0.15, 0.2) is 119 Å². The fourth-order valence-corrected chi connectivity index (χ4v) is 5.95. The van der Waals surface area contributed by atoms with Crippen molar-refractivity contribution in [3.63, 3.8) is 0 Å². The van der Waals surface area contributed by atoms with Gasteiger partial charge in [0.15, 0.2) is 10.8 Å². The summed E-state index contributed by atoms with van der Waals surface area (Å²) in [6.45, 7) is 1.55. The van der Waals surface area contributed by atoms with Crippen molar-refractivity contribution in [3.8, 4) is 0 Å². The number of ketones is 1. The Kier molecular flexibility index (Phi) is 5.63. The normalized spacial score (nSPS) is 18.6. The molecule has 0 bridgehead atoms. The van der Waals surface area contributed by atoms with Crippen molar-refractivity contribution >= 4 is 51.3 Å². The highest BCUT2D eigenvalue weighted by Crippen LogP contribution is 2.54. The van der Waals surface area contributed by atoms with Gasteiger partial charge in [0.25, 0.3) is 0 Å². The molecule has 0 amide bonds. The molecule has 0 saturated heterocycles. The van der Waals surface area contributed by atoms with Gasteiger partial charge in [-0.15, -0.1) is 0 Å². The second kappa shape index (κ2) is 8.97. The number of rotatable bonds is 4. The van der Waals surface area contributed by atoms with Gasteiger partial charge < -0.3 is 0 Å². The van der Waals surface area contributed by atoms with Crippen LogP contribution in [0.1, 0.15) is 23.6 Å². The minimum atomic E-state index is -0.948. The number of hydrazone groups is 2. The molecule has 0 unspecified atom stereocenters. The van der Waals surface area contributed by atoms with Crippen molar-refractivity contribution < 1.29 is 4.79 Å². The van der Waals surface area contributed by atoms with Gasteiger partial charge in [0, 0.05) is 28.6 Å². The molecule has 0 fully saturated rings. The molecule has 1 spiro atoms. The topological polar surface area (TPSA) is 48.3 Å². The summed E-state index contributed by atoms with van der Waals surface area (Å²) < 4.78 is 0.